The minimum Gasteiger partial charge on any atom is -0.294 e. The summed E-state index contributed by atoms with van der Waals surface area (Å²) < 4.78 is 27.0. The van der Waals surface area contributed by atoms with Crippen LogP contribution in [0.15, 0.2) is 48.5 Å². The lowest BCUT2D eigenvalue weighted by atomic mass is 9.84. The van der Waals surface area contributed by atoms with Crippen LogP contribution >= 0.6 is 0 Å². The van der Waals surface area contributed by atoms with Crippen molar-refractivity contribution in [2.24, 2.45) is 5.92 Å². The Balaban J connectivity index is 1.48. The van der Waals surface area contributed by atoms with Gasteiger partial charge in [0.2, 0.25) is 0 Å². The van der Waals surface area contributed by atoms with Gasteiger partial charge in [0.15, 0.2) is 5.78 Å². The Bertz CT molecular complexity index is 763. The summed E-state index contributed by atoms with van der Waals surface area (Å²) in [5.74, 6) is -1.73. The molecule has 0 N–H and O–H groups in total. The molecule has 2 heterocycles. The van der Waals surface area contributed by atoms with Crippen molar-refractivity contribution in [3.63, 3.8) is 0 Å². The summed E-state index contributed by atoms with van der Waals surface area (Å²) in [4.78, 5) is 15.2. The van der Waals surface area contributed by atoms with Crippen LogP contribution in [0.5, 0.6) is 0 Å². The van der Waals surface area contributed by atoms with E-state index in [2.05, 4.69) is 17.0 Å². The van der Waals surface area contributed by atoms with Gasteiger partial charge >= 0.3 is 0 Å². The van der Waals surface area contributed by atoms with Crippen molar-refractivity contribution >= 4 is 5.78 Å². The van der Waals surface area contributed by atoms with Gasteiger partial charge in [-0.2, -0.15) is 0 Å². The topological polar surface area (TPSA) is 20.3 Å². The van der Waals surface area contributed by atoms with E-state index < -0.39 is 11.6 Å². The molecule has 0 aliphatic carbocycles. The van der Waals surface area contributed by atoms with Gasteiger partial charge in [-0.1, -0.05) is 30.3 Å². The van der Waals surface area contributed by atoms with Crippen LogP contribution < -0.4 is 0 Å². The summed E-state index contributed by atoms with van der Waals surface area (Å²) in [6, 6.07) is 14.4. The van der Waals surface area contributed by atoms with E-state index in [1.807, 2.05) is 18.2 Å². The van der Waals surface area contributed by atoms with Gasteiger partial charge in [-0.05, 0) is 43.4 Å². The number of ketones is 1. The predicted molar refractivity (Wildman–Crippen MR) is 92.2 cm³/mol. The van der Waals surface area contributed by atoms with E-state index in [1.54, 1.807) is 0 Å². The van der Waals surface area contributed by atoms with Gasteiger partial charge in [-0.3, -0.25) is 9.69 Å². The largest absolute Gasteiger partial charge is 0.294 e. The molecule has 0 aromatic heterocycles. The molecule has 2 aromatic rings. The van der Waals surface area contributed by atoms with Crippen molar-refractivity contribution in [1.82, 2.24) is 4.90 Å². The summed E-state index contributed by atoms with van der Waals surface area (Å²) >= 11 is 0. The molecule has 0 spiro atoms. The average Bonchev–Trinajstić information content (AvgIpc) is 2.83. The molecule has 2 aliphatic rings. The van der Waals surface area contributed by atoms with Gasteiger partial charge in [0.25, 0.3) is 0 Å². The van der Waals surface area contributed by atoms with Crippen molar-refractivity contribution in [3.8, 4) is 0 Å². The Morgan fingerprint density at radius 1 is 1.00 bits per heavy atom. The molecule has 25 heavy (non-hydrogen) atoms. The third-order valence-corrected chi connectivity index (χ3v) is 5.66. The third kappa shape index (κ3) is 3.23. The fraction of sp³-hybridized carbons (Fsp3) is 0.381. The summed E-state index contributed by atoms with van der Waals surface area (Å²) in [5, 5.41) is 0. The van der Waals surface area contributed by atoms with Crippen LogP contribution in [0, 0.1) is 17.6 Å². The highest BCUT2D eigenvalue weighted by Gasteiger charge is 2.43. The fourth-order valence-electron chi connectivity index (χ4n) is 4.45. The zero-order valence-corrected chi connectivity index (χ0v) is 14.0. The molecule has 2 nitrogen and oxygen atoms in total. The molecule has 2 saturated heterocycles. The van der Waals surface area contributed by atoms with E-state index >= 15 is 0 Å². The second kappa shape index (κ2) is 6.68. The lowest BCUT2D eigenvalue weighted by molar-refractivity contribution is 0.0674. The zero-order valence-electron chi connectivity index (χ0n) is 14.0. The van der Waals surface area contributed by atoms with E-state index in [1.165, 1.54) is 11.6 Å². The first-order chi connectivity index (χ1) is 12.1. The Hall–Kier alpha value is -2.07. The number of carbonyl (C=O) groups is 1. The minimum atomic E-state index is -0.746. The van der Waals surface area contributed by atoms with Crippen molar-refractivity contribution in [2.45, 2.75) is 44.3 Å². The lowest BCUT2D eigenvalue weighted by Crippen LogP contribution is -2.44. The number of carbonyl (C=O) groups excluding carboxylic acids is 1. The van der Waals surface area contributed by atoms with Crippen LogP contribution in [0.4, 0.5) is 8.78 Å². The SMILES string of the molecule is O=C(c1ccc(F)cc1F)C1CC2CCC(C1)N2Cc1ccccc1. The Kier molecular flexibility index (Phi) is 4.38. The van der Waals surface area contributed by atoms with Gasteiger partial charge in [0, 0.05) is 30.6 Å². The smallest absolute Gasteiger partial charge is 0.169 e. The number of hydrogen-bond acceptors (Lipinski definition) is 2. The molecular weight excluding hydrogens is 320 g/mol. The van der Waals surface area contributed by atoms with E-state index in [0.29, 0.717) is 12.1 Å². The highest BCUT2D eigenvalue weighted by molar-refractivity contribution is 5.98. The summed E-state index contributed by atoms with van der Waals surface area (Å²) in [7, 11) is 0. The first-order valence-corrected chi connectivity index (χ1v) is 8.91. The van der Waals surface area contributed by atoms with Crippen LogP contribution in [0.25, 0.3) is 0 Å². The zero-order chi connectivity index (χ0) is 17.4. The van der Waals surface area contributed by atoms with Gasteiger partial charge in [-0.25, -0.2) is 8.78 Å². The molecule has 2 fully saturated rings. The van der Waals surface area contributed by atoms with Crippen LogP contribution in [-0.2, 0) is 6.54 Å². The minimum absolute atomic E-state index is 0.0299. The number of Topliss-reactive ketones (excluding diaryl/α,β-unsaturated/α-hetero) is 1. The lowest BCUT2D eigenvalue weighted by Gasteiger charge is -2.38. The number of fused-ring (bicyclic) bond motifs is 2. The van der Waals surface area contributed by atoms with Crippen molar-refractivity contribution in [3.05, 3.63) is 71.3 Å². The quantitative estimate of drug-likeness (QED) is 0.758. The number of nitrogens with zero attached hydrogens (tertiary/aromatic N) is 1. The molecule has 2 bridgehead atoms. The number of rotatable bonds is 4. The number of benzene rings is 2. The van der Waals surface area contributed by atoms with Crippen LogP contribution in [0.2, 0.25) is 0 Å². The standard InChI is InChI=1S/C21H21F2NO/c22-16-6-9-19(20(23)12-16)21(25)15-10-17-7-8-18(11-15)24(17)13-14-4-2-1-3-5-14/h1-6,9,12,15,17-18H,7-8,10-11,13H2. The predicted octanol–water partition coefficient (Wildman–Crippen LogP) is 4.59. The Morgan fingerprint density at radius 2 is 1.68 bits per heavy atom. The molecule has 2 aromatic carbocycles. The van der Waals surface area contributed by atoms with Crippen molar-refractivity contribution < 1.29 is 13.6 Å². The number of piperidine rings is 1. The Morgan fingerprint density at radius 3 is 2.32 bits per heavy atom. The maximum absolute atomic E-state index is 14.0. The molecule has 2 atom stereocenters. The Labute approximate surface area is 146 Å². The summed E-state index contributed by atoms with van der Waals surface area (Å²) in [6.07, 6.45) is 3.71. The van der Waals surface area contributed by atoms with Gasteiger partial charge in [0.05, 0.1) is 5.56 Å². The fourth-order valence-corrected chi connectivity index (χ4v) is 4.45. The van der Waals surface area contributed by atoms with E-state index in [-0.39, 0.29) is 17.3 Å². The molecule has 4 heteroatoms. The maximum atomic E-state index is 14.0. The second-order valence-electron chi connectivity index (χ2n) is 7.20. The average molecular weight is 341 g/mol. The van der Waals surface area contributed by atoms with Crippen molar-refractivity contribution in [1.29, 1.82) is 0 Å². The van der Waals surface area contributed by atoms with Crippen LogP contribution in [0.3, 0.4) is 0 Å². The normalized spacial score (nSPS) is 25.9. The number of halogens is 2. The van der Waals surface area contributed by atoms with E-state index in [9.17, 15) is 13.6 Å². The molecule has 2 unspecified atom stereocenters. The van der Waals surface area contributed by atoms with E-state index in [0.717, 1.165) is 44.4 Å². The van der Waals surface area contributed by atoms with Crippen LogP contribution in [-0.4, -0.2) is 22.8 Å². The summed E-state index contributed by atoms with van der Waals surface area (Å²) in [6.45, 7) is 0.905. The number of hydrogen-bond donors (Lipinski definition) is 0. The van der Waals surface area contributed by atoms with Gasteiger partial charge in [0.1, 0.15) is 11.6 Å². The van der Waals surface area contributed by atoms with Crippen molar-refractivity contribution in [2.75, 3.05) is 0 Å². The highest BCUT2D eigenvalue weighted by Crippen LogP contribution is 2.40. The molecule has 130 valence electrons. The maximum Gasteiger partial charge on any atom is 0.169 e. The van der Waals surface area contributed by atoms with Crippen LogP contribution in [0.1, 0.15) is 41.6 Å². The molecule has 0 saturated carbocycles. The monoisotopic (exact) mass is 341 g/mol. The van der Waals surface area contributed by atoms with Gasteiger partial charge in [-0.15, -0.1) is 0 Å². The highest BCUT2D eigenvalue weighted by atomic mass is 19.1. The van der Waals surface area contributed by atoms with Gasteiger partial charge < -0.3 is 0 Å². The molecule has 2 aliphatic heterocycles. The third-order valence-electron chi connectivity index (χ3n) is 5.66. The molecule has 4 rings (SSSR count). The molecular formula is C21H21F2NO. The van der Waals surface area contributed by atoms with E-state index in [4.69, 9.17) is 0 Å². The second-order valence-corrected chi connectivity index (χ2v) is 7.20. The first-order valence-electron chi connectivity index (χ1n) is 8.91. The first kappa shape index (κ1) is 16.4. The molecule has 0 amide bonds. The summed E-state index contributed by atoms with van der Waals surface area (Å²) in [5.41, 5.74) is 1.32. The molecule has 0 radical (unpaired) electrons.